The molecule has 1 aliphatic heterocycles. The normalized spacial score (nSPS) is 18.2. The lowest BCUT2D eigenvalue weighted by atomic mass is 10.0. The van der Waals surface area contributed by atoms with Gasteiger partial charge in [-0.05, 0) is 37.7 Å². The van der Waals surface area contributed by atoms with Crippen molar-refractivity contribution < 1.29 is 5.11 Å². The highest BCUT2D eigenvalue weighted by molar-refractivity contribution is 7.98. The SMILES string of the molecule is CSCC(CCO)NC1CCN(c2ccccc2)CC1. The van der Waals surface area contributed by atoms with Gasteiger partial charge in [-0.3, -0.25) is 0 Å². The number of aliphatic hydroxyl groups excluding tert-OH is 1. The third kappa shape index (κ3) is 4.69. The first-order valence-corrected chi connectivity index (χ1v) is 8.88. The summed E-state index contributed by atoms with van der Waals surface area (Å²) >= 11 is 1.85. The summed E-state index contributed by atoms with van der Waals surface area (Å²) in [6.07, 6.45) is 5.36. The van der Waals surface area contributed by atoms with Crippen LogP contribution < -0.4 is 10.2 Å². The molecule has 0 amide bonds. The van der Waals surface area contributed by atoms with Crippen molar-refractivity contribution in [2.75, 3.05) is 36.6 Å². The molecule has 3 nitrogen and oxygen atoms in total. The van der Waals surface area contributed by atoms with E-state index in [4.69, 9.17) is 5.11 Å². The monoisotopic (exact) mass is 294 g/mol. The smallest absolute Gasteiger partial charge is 0.0446 e. The van der Waals surface area contributed by atoms with Crippen molar-refractivity contribution in [2.24, 2.45) is 0 Å². The molecule has 0 bridgehead atoms. The zero-order valence-corrected chi connectivity index (χ0v) is 13.1. The first-order chi connectivity index (χ1) is 9.83. The lowest BCUT2D eigenvalue weighted by Gasteiger charge is -2.35. The molecule has 2 N–H and O–H groups in total. The number of para-hydroxylation sites is 1. The van der Waals surface area contributed by atoms with Crippen LogP contribution in [-0.4, -0.2) is 48.9 Å². The number of aliphatic hydroxyl groups is 1. The van der Waals surface area contributed by atoms with Crippen LogP contribution in [0.25, 0.3) is 0 Å². The van der Waals surface area contributed by atoms with Crippen LogP contribution in [0.1, 0.15) is 19.3 Å². The van der Waals surface area contributed by atoms with Crippen molar-refractivity contribution in [1.29, 1.82) is 0 Å². The number of benzene rings is 1. The van der Waals surface area contributed by atoms with Gasteiger partial charge in [0.2, 0.25) is 0 Å². The Morgan fingerprint density at radius 1 is 1.30 bits per heavy atom. The maximum Gasteiger partial charge on any atom is 0.0446 e. The Morgan fingerprint density at radius 3 is 2.60 bits per heavy atom. The van der Waals surface area contributed by atoms with Gasteiger partial charge in [-0.2, -0.15) is 11.8 Å². The molecule has 4 heteroatoms. The molecule has 1 atom stereocenters. The van der Waals surface area contributed by atoms with Crippen LogP contribution in [0.4, 0.5) is 5.69 Å². The van der Waals surface area contributed by atoms with Gasteiger partial charge in [0.05, 0.1) is 0 Å². The summed E-state index contributed by atoms with van der Waals surface area (Å²) in [5, 5.41) is 12.8. The predicted molar refractivity (Wildman–Crippen MR) is 88.7 cm³/mol. The third-order valence-electron chi connectivity index (χ3n) is 3.93. The molecule has 112 valence electrons. The predicted octanol–water partition coefficient (Wildman–Crippen LogP) is 2.36. The lowest BCUT2D eigenvalue weighted by molar-refractivity contribution is 0.259. The van der Waals surface area contributed by atoms with Gasteiger partial charge in [-0.15, -0.1) is 0 Å². The molecule has 0 radical (unpaired) electrons. The fraction of sp³-hybridized carbons (Fsp3) is 0.625. The number of hydrogen-bond donors (Lipinski definition) is 2. The number of hydrogen-bond acceptors (Lipinski definition) is 4. The molecule has 1 aliphatic rings. The van der Waals surface area contributed by atoms with E-state index in [0.717, 1.165) is 25.3 Å². The van der Waals surface area contributed by atoms with E-state index in [0.29, 0.717) is 12.1 Å². The van der Waals surface area contributed by atoms with Crippen molar-refractivity contribution in [3.8, 4) is 0 Å². The van der Waals surface area contributed by atoms with E-state index < -0.39 is 0 Å². The van der Waals surface area contributed by atoms with Gasteiger partial charge < -0.3 is 15.3 Å². The zero-order valence-electron chi connectivity index (χ0n) is 12.3. The summed E-state index contributed by atoms with van der Waals surface area (Å²) in [5.41, 5.74) is 1.34. The van der Waals surface area contributed by atoms with Crippen molar-refractivity contribution in [3.05, 3.63) is 30.3 Å². The minimum Gasteiger partial charge on any atom is -0.396 e. The van der Waals surface area contributed by atoms with Gasteiger partial charge in [-0.1, -0.05) is 18.2 Å². The van der Waals surface area contributed by atoms with Gasteiger partial charge in [0.1, 0.15) is 0 Å². The number of nitrogens with zero attached hydrogens (tertiary/aromatic N) is 1. The van der Waals surface area contributed by atoms with Crippen LogP contribution in [0.2, 0.25) is 0 Å². The number of piperidine rings is 1. The van der Waals surface area contributed by atoms with Gasteiger partial charge in [0, 0.05) is 43.2 Å². The third-order valence-corrected chi connectivity index (χ3v) is 4.67. The summed E-state index contributed by atoms with van der Waals surface area (Å²) in [4.78, 5) is 2.47. The average molecular weight is 294 g/mol. The molecule has 2 rings (SSSR count). The molecule has 1 fully saturated rings. The molecule has 1 saturated heterocycles. The molecule has 0 aromatic heterocycles. The maximum atomic E-state index is 9.13. The summed E-state index contributed by atoms with van der Waals surface area (Å²) in [6.45, 7) is 2.51. The highest BCUT2D eigenvalue weighted by Gasteiger charge is 2.21. The number of anilines is 1. The second kappa shape index (κ2) is 8.55. The summed E-state index contributed by atoms with van der Waals surface area (Å²) in [5.74, 6) is 1.08. The first kappa shape index (κ1) is 15.7. The van der Waals surface area contributed by atoms with Crippen LogP contribution in [0, 0.1) is 0 Å². The summed E-state index contributed by atoms with van der Waals surface area (Å²) in [6, 6.07) is 11.7. The van der Waals surface area contributed by atoms with Crippen molar-refractivity contribution in [2.45, 2.75) is 31.3 Å². The second-order valence-corrected chi connectivity index (χ2v) is 6.34. The molecule has 1 heterocycles. The molecular formula is C16H26N2OS. The highest BCUT2D eigenvalue weighted by atomic mass is 32.2. The Morgan fingerprint density at radius 2 is 2.00 bits per heavy atom. The minimum absolute atomic E-state index is 0.279. The standard InChI is InChI=1S/C16H26N2OS/c1-20-13-15(9-12-19)17-14-7-10-18(11-8-14)16-5-3-2-4-6-16/h2-6,14-15,17,19H,7-13H2,1H3. The first-order valence-electron chi connectivity index (χ1n) is 7.49. The second-order valence-electron chi connectivity index (χ2n) is 5.43. The molecule has 1 unspecified atom stereocenters. The molecule has 20 heavy (non-hydrogen) atoms. The van der Waals surface area contributed by atoms with Gasteiger partial charge in [0.15, 0.2) is 0 Å². The van der Waals surface area contributed by atoms with Crippen LogP contribution >= 0.6 is 11.8 Å². The van der Waals surface area contributed by atoms with E-state index in [1.165, 1.54) is 18.5 Å². The quantitative estimate of drug-likeness (QED) is 0.809. The van der Waals surface area contributed by atoms with Gasteiger partial charge in [-0.25, -0.2) is 0 Å². The molecule has 0 aliphatic carbocycles. The number of nitrogens with one attached hydrogen (secondary N) is 1. The molecular weight excluding hydrogens is 268 g/mol. The van der Waals surface area contributed by atoms with E-state index in [1.807, 2.05) is 11.8 Å². The van der Waals surface area contributed by atoms with Crippen molar-refractivity contribution >= 4 is 17.4 Å². The number of rotatable bonds is 7. The maximum absolute atomic E-state index is 9.13. The Balaban J connectivity index is 1.79. The molecule has 0 spiro atoms. The Bertz CT molecular complexity index is 360. The fourth-order valence-corrected chi connectivity index (χ4v) is 3.51. The fourth-order valence-electron chi connectivity index (χ4n) is 2.85. The van der Waals surface area contributed by atoms with Crippen LogP contribution in [0.3, 0.4) is 0 Å². The Kier molecular flexibility index (Phi) is 6.70. The van der Waals surface area contributed by atoms with E-state index in [9.17, 15) is 0 Å². The van der Waals surface area contributed by atoms with Crippen molar-refractivity contribution in [3.63, 3.8) is 0 Å². The highest BCUT2D eigenvalue weighted by Crippen LogP contribution is 2.20. The van der Waals surface area contributed by atoms with Crippen LogP contribution in [0.5, 0.6) is 0 Å². The van der Waals surface area contributed by atoms with Crippen LogP contribution in [0.15, 0.2) is 30.3 Å². The summed E-state index contributed by atoms with van der Waals surface area (Å²) in [7, 11) is 0. The van der Waals surface area contributed by atoms with Crippen LogP contribution in [-0.2, 0) is 0 Å². The van der Waals surface area contributed by atoms with E-state index in [2.05, 4.69) is 46.8 Å². The van der Waals surface area contributed by atoms with Crippen molar-refractivity contribution in [1.82, 2.24) is 5.32 Å². The Labute approximate surface area is 126 Å². The lowest BCUT2D eigenvalue weighted by Crippen LogP contribution is -2.47. The zero-order chi connectivity index (χ0) is 14.2. The average Bonchev–Trinajstić information content (AvgIpc) is 2.49. The largest absolute Gasteiger partial charge is 0.396 e. The summed E-state index contributed by atoms with van der Waals surface area (Å²) < 4.78 is 0. The van der Waals surface area contributed by atoms with E-state index in [1.54, 1.807) is 0 Å². The minimum atomic E-state index is 0.279. The molecule has 1 aromatic rings. The number of thioether (sulfide) groups is 1. The molecule has 1 aromatic carbocycles. The molecule has 0 saturated carbocycles. The van der Waals surface area contributed by atoms with E-state index in [-0.39, 0.29) is 6.61 Å². The Hall–Kier alpha value is -0.710. The topological polar surface area (TPSA) is 35.5 Å². The van der Waals surface area contributed by atoms with Gasteiger partial charge >= 0.3 is 0 Å². The van der Waals surface area contributed by atoms with Gasteiger partial charge in [0.25, 0.3) is 0 Å². The van der Waals surface area contributed by atoms with E-state index >= 15 is 0 Å².